The molecule has 0 radical (unpaired) electrons. The van der Waals surface area contributed by atoms with Gasteiger partial charge in [0.1, 0.15) is 0 Å². The lowest BCUT2D eigenvalue weighted by Gasteiger charge is -2.32. The van der Waals surface area contributed by atoms with Gasteiger partial charge in [0.2, 0.25) is 11.8 Å². The van der Waals surface area contributed by atoms with Crippen LogP contribution in [0.2, 0.25) is 0 Å². The highest BCUT2D eigenvalue weighted by Gasteiger charge is 2.28. The molecule has 0 saturated carbocycles. The molecule has 6 nitrogen and oxygen atoms in total. The Hall–Kier alpha value is -2.67. The van der Waals surface area contributed by atoms with E-state index in [1.807, 2.05) is 35.7 Å². The van der Waals surface area contributed by atoms with Gasteiger partial charge < -0.3 is 15.5 Å². The molecule has 1 fully saturated rings. The standard InChI is InChI=1S/C21H25N3O3S/c25-19(9-4-11-22-20(26)17-10-13-28-15-17)24-12-5-6-16(14-24)21(27)23-18-7-2-1-3-8-18/h1-3,7-8,10,13,15-16H,4-6,9,11-12,14H2,(H,22,26)(H,23,27). The Kier molecular flexibility index (Phi) is 7.19. The Balaban J connectivity index is 1.40. The van der Waals surface area contributed by atoms with Crippen molar-refractivity contribution in [1.29, 1.82) is 0 Å². The molecule has 1 atom stereocenters. The summed E-state index contributed by atoms with van der Waals surface area (Å²) >= 11 is 1.48. The molecule has 1 aliphatic heterocycles. The summed E-state index contributed by atoms with van der Waals surface area (Å²) in [5.74, 6) is -0.283. The minimum absolute atomic E-state index is 0.0354. The molecule has 28 heavy (non-hydrogen) atoms. The summed E-state index contributed by atoms with van der Waals surface area (Å²) < 4.78 is 0. The van der Waals surface area contributed by atoms with Crippen LogP contribution >= 0.6 is 11.3 Å². The van der Waals surface area contributed by atoms with Gasteiger partial charge in [-0.05, 0) is 42.8 Å². The Morgan fingerprint density at radius 2 is 1.96 bits per heavy atom. The van der Waals surface area contributed by atoms with Crippen LogP contribution in [-0.2, 0) is 9.59 Å². The van der Waals surface area contributed by atoms with Gasteiger partial charge in [-0.1, -0.05) is 18.2 Å². The molecule has 2 heterocycles. The summed E-state index contributed by atoms with van der Waals surface area (Å²) in [5, 5.41) is 9.42. The van der Waals surface area contributed by atoms with Crippen molar-refractivity contribution in [2.45, 2.75) is 25.7 Å². The number of thiophene rings is 1. The van der Waals surface area contributed by atoms with Crippen molar-refractivity contribution in [3.63, 3.8) is 0 Å². The lowest BCUT2D eigenvalue weighted by Crippen LogP contribution is -2.43. The van der Waals surface area contributed by atoms with E-state index >= 15 is 0 Å². The van der Waals surface area contributed by atoms with Gasteiger partial charge in [-0.25, -0.2) is 0 Å². The van der Waals surface area contributed by atoms with Crippen molar-refractivity contribution >= 4 is 34.7 Å². The molecule has 1 aromatic carbocycles. The van der Waals surface area contributed by atoms with E-state index in [0.717, 1.165) is 18.5 Å². The van der Waals surface area contributed by atoms with Gasteiger partial charge in [0.05, 0.1) is 5.92 Å². The predicted octanol–water partition coefficient (Wildman–Crippen LogP) is 3.14. The van der Waals surface area contributed by atoms with Crippen LogP contribution in [0.15, 0.2) is 47.2 Å². The number of carbonyl (C=O) groups excluding carboxylic acids is 3. The summed E-state index contributed by atoms with van der Waals surface area (Å²) in [6, 6.07) is 11.1. The highest BCUT2D eigenvalue weighted by molar-refractivity contribution is 7.08. The molecule has 148 valence electrons. The Morgan fingerprint density at radius 1 is 1.14 bits per heavy atom. The predicted molar refractivity (Wildman–Crippen MR) is 110 cm³/mol. The third-order valence-corrected chi connectivity index (χ3v) is 5.51. The summed E-state index contributed by atoms with van der Waals surface area (Å²) in [5.41, 5.74) is 1.43. The number of nitrogens with one attached hydrogen (secondary N) is 2. The Morgan fingerprint density at radius 3 is 2.71 bits per heavy atom. The Bertz CT molecular complexity index is 792. The van der Waals surface area contributed by atoms with E-state index in [2.05, 4.69) is 10.6 Å². The fourth-order valence-electron chi connectivity index (χ4n) is 3.28. The zero-order valence-corrected chi connectivity index (χ0v) is 16.5. The maximum Gasteiger partial charge on any atom is 0.252 e. The van der Waals surface area contributed by atoms with Crippen LogP contribution in [0.5, 0.6) is 0 Å². The van der Waals surface area contributed by atoms with E-state index in [9.17, 15) is 14.4 Å². The van der Waals surface area contributed by atoms with Crippen molar-refractivity contribution in [2.24, 2.45) is 5.92 Å². The van der Waals surface area contributed by atoms with Gasteiger partial charge in [-0.15, -0.1) is 0 Å². The third kappa shape index (κ3) is 5.66. The van der Waals surface area contributed by atoms with E-state index in [4.69, 9.17) is 0 Å². The van der Waals surface area contributed by atoms with E-state index in [1.54, 1.807) is 16.3 Å². The molecular formula is C21H25N3O3S. The number of hydrogen-bond donors (Lipinski definition) is 2. The topological polar surface area (TPSA) is 78.5 Å². The normalized spacial score (nSPS) is 16.4. The average molecular weight is 400 g/mol. The van der Waals surface area contributed by atoms with E-state index in [1.165, 1.54) is 11.3 Å². The molecule has 1 unspecified atom stereocenters. The highest BCUT2D eigenvalue weighted by atomic mass is 32.1. The number of benzene rings is 1. The van der Waals surface area contributed by atoms with Gasteiger partial charge in [0.15, 0.2) is 0 Å². The molecule has 7 heteroatoms. The molecule has 2 aromatic rings. The maximum atomic E-state index is 12.5. The number of amides is 3. The lowest BCUT2D eigenvalue weighted by molar-refractivity contribution is -0.134. The Labute approximate surface area is 168 Å². The summed E-state index contributed by atoms with van der Waals surface area (Å²) in [6.07, 6.45) is 2.58. The lowest BCUT2D eigenvalue weighted by atomic mass is 9.96. The zero-order valence-electron chi connectivity index (χ0n) is 15.7. The van der Waals surface area contributed by atoms with Gasteiger partial charge >= 0.3 is 0 Å². The molecule has 0 bridgehead atoms. The molecule has 3 rings (SSSR count). The summed E-state index contributed by atoms with van der Waals surface area (Å²) in [6.45, 7) is 1.61. The minimum atomic E-state index is -0.184. The second-order valence-electron chi connectivity index (χ2n) is 6.91. The molecule has 1 aromatic heterocycles. The second-order valence-corrected chi connectivity index (χ2v) is 7.69. The van der Waals surface area contributed by atoms with Crippen molar-refractivity contribution in [2.75, 3.05) is 25.0 Å². The quantitative estimate of drug-likeness (QED) is 0.702. The van der Waals surface area contributed by atoms with E-state index in [0.29, 0.717) is 38.0 Å². The SMILES string of the molecule is O=C(NCCCC(=O)N1CCCC(C(=O)Nc2ccccc2)C1)c1ccsc1. The summed E-state index contributed by atoms with van der Waals surface area (Å²) in [4.78, 5) is 38.6. The number of carbonyl (C=O) groups is 3. The van der Waals surface area contributed by atoms with Gasteiger partial charge in [-0.2, -0.15) is 11.3 Å². The first-order valence-electron chi connectivity index (χ1n) is 9.57. The van der Waals surface area contributed by atoms with Crippen molar-refractivity contribution < 1.29 is 14.4 Å². The number of nitrogens with zero attached hydrogens (tertiary/aromatic N) is 1. The first kappa shape index (κ1) is 20.1. The smallest absolute Gasteiger partial charge is 0.252 e. The second kappa shape index (κ2) is 10.0. The molecule has 0 aliphatic carbocycles. The van der Waals surface area contributed by atoms with E-state index in [-0.39, 0.29) is 23.6 Å². The van der Waals surface area contributed by atoms with Crippen LogP contribution < -0.4 is 10.6 Å². The highest BCUT2D eigenvalue weighted by Crippen LogP contribution is 2.19. The van der Waals surface area contributed by atoms with Crippen molar-refractivity contribution in [3.05, 3.63) is 52.7 Å². The monoisotopic (exact) mass is 399 g/mol. The van der Waals surface area contributed by atoms with Gasteiger partial charge in [-0.3, -0.25) is 14.4 Å². The number of rotatable bonds is 7. The molecule has 2 N–H and O–H groups in total. The van der Waals surface area contributed by atoms with Crippen LogP contribution in [-0.4, -0.2) is 42.3 Å². The average Bonchev–Trinajstić information content (AvgIpc) is 3.27. The zero-order chi connectivity index (χ0) is 19.8. The first-order chi connectivity index (χ1) is 13.6. The molecular weight excluding hydrogens is 374 g/mol. The van der Waals surface area contributed by atoms with E-state index < -0.39 is 0 Å². The van der Waals surface area contributed by atoms with Crippen LogP contribution in [0.3, 0.4) is 0 Å². The number of anilines is 1. The summed E-state index contributed by atoms with van der Waals surface area (Å²) in [7, 11) is 0. The van der Waals surface area contributed by atoms with Crippen molar-refractivity contribution in [3.8, 4) is 0 Å². The van der Waals surface area contributed by atoms with Crippen molar-refractivity contribution in [1.82, 2.24) is 10.2 Å². The molecule has 0 spiro atoms. The fourth-order valence-corrected chi connectivity index (χ4v) is 3.91. The minimum Gasteiger partial charge on any atom is -0.352 e. The van der Waals surface area contributed by atoms with Gasteiger partial charge in [0, 0.05) is 42.7 Å². The third-order valence-electron chi connectivity index (χ3n) is 4.82. The van der Waals surface area contributed by atoms with Crippen LogP contribution in [0.4, 0.5) is 5.69 Å². The maximum absolute atomic E-state index is 12.5. The van der Waals surface area contributed by atoms with Gasteiger partial charge in [0.25, 0.3) is 5.91 Å². The molecule has 1 saturated heterocycles. The molecule has 3 amide bonds. The largest absolute Gasteiger partial charge is 0.352 e. The van der Waals surface area contributed by atoms with Crippen LogP contribution in [0, 0.1) is 5.92 Å². The fraction of sp³-hybridized carbons (Fsp3) is 0.381. The first-order valence-corrected chi connectivity index (χ1v) is 10.5. The van der Waals surface area contributed by atoms with Crippen LogP contribution in [0.25, 0.3) is 0 Å². The number of para-hydroxylation sites is 1. The van der Waals surface area contributed by atoms with Crippen LogP contribution in [0.1, 0.15) is 36.0 Å². The number of likely N-dealkylation sites (tertiary alicyclic amines) is 1. The number of piperidine rings is 1. The number of hydrogen-bond acceptors (Lipinski definition) is 4. The molecule has 1 aliphatic rings.